The molecule has 0 aromatic rings. The first-order valence-electron chi connectivity index (χ1n) is 6.64. The van der Waals surface area contributed by atoms with Gasteiger partial charge >= 0.3 is 0 Å². The lowest BCUT2D eigenvalue weighted by molar-refractivity contribution is 0.109. The van der Waals surface area contributed by atoms with E-state index in [2.05, 4.69) is 33.9 Å². The van der Waals surface area contributed by atoms with Gasteiger partial charge in [-0.1, -0.05) is 20.8 Å². The number of ether oxygens (including phenoxy) is 1. The Balaban J connectivity index is 3.46. The molecular weight excluding hydrogens is 232 g/mol. The molecular formula is C13H30O3Si. The predicted octanol–water partition coefficient (Wildman–Crippen LogP) is 3.19. The second kappa shape index (κ2) is 8.24. The van der Waals surface area contributed by atoms with Gasteiger partial charge in [-0.15, -0.1) is 0 Å². The van der Waals surface area contributed by atoms with Crippen molar-refractivity contribution in [2.24, 2.45) is 0 Å². The summed E-state index contributed by atoms with van der Waals surface area (Å²) in [4.78, 5) is 0. The Labute approximate surface area is 108 Å². The molecule has 3 nitrogen and oxygen atoms in total. The summed E-state index contributed by atoms with van der Waals surface area (Å²) >= 11 is 0. The van der Waals surface area contributed by atoms with Crippen LogP contribution in [0.4, 0.5) is 0 Å². The summed E-state index contributed by atoms with van der Waals surface area (Å²) in [6.45, 7) is 13.9. The van der Waals surface area contributed by atoms with Crippen LogP contribution in [0.3, 0.4) is 0 Å². The molecule has 0 amide bonds. The monoisotopic (exact) mass is 262 g/mol. The van der Waals surface area contributed by atoms with Gasteiger partial charge in [0.1, 0.15) is 0 Å². The van der Waals surface area contributed by atoms with Crippen LogP contribution < -0.4 is 0 Å². The van der Waals surface area contributed by atoms with E-state index in [1.54, 1.807) is 0 Å². The highest BCUT2D eigenvalue weighted by molar-refractivity contribution is 6.74. The van der Waals surface area contributed by atoms with Gasteiger partial charge in [0.25, 0.3) is 0 Å². The van der Waals surface area contributed by atoms with Crippen LogP contribution in [0.5, 0.6) is 0 Å². The summed E-state index contributed by atoms with van der Waals surface area (Å²) in [5, 5.41) is 8.87. The van der Waals surface area contributed by atoms with Crippen LogP contribution in [0.2, 0.25) is 18.1 Å². The molecule has 0 bridgehead atoms. The standard InChI is InChI=1S/C13H30O3Si/c1-13(2,3)17(4,5)16-12-7-6-10-15-11-8-9-14/h14H,6-12H2,1-5H3. The van der Waals surface area contributed by atoms with Gasteiger partial charge in [0.2, 0.25) is 0 Å². The Morgan fingerprint density at radius 2 is 1.47 bits per heavy atom. The third-order valence-corrected chi connectivity index (χ3v) is 7.94. The van der Waals surface area contributed by atoms with Crippen molar-refractivity contribution < 1.29 is 14.3 Å². The Kier molecular flexibility index (Phi) is 8.29. The number of hydrogen-bond acceptors (Lipinski definition) is 3. The Morgan fingerprint density at radius 1 is 0.941 bits per heavy atom. The summed E-state index contributed by atoms with van der Waals surface area (Å²) < 4.78 is 11.4. The molecule has 0 saturated heterocycles. The van der Waals surface area contributed by atoms with Crippen LogP contribution in [0.15, 0.2) is 0 Å². The molecule has 0 aromatic heterocycles. The van der Waals surface area contributed by atoms with Crippen molar-refractivity contribution >= 4 is 8.32 Å². The Hall–Kier alpha value is 0.0969. The van der Waals surface area contributed by atoms with Crippen LogP contribution in [-0.2, 0) is 9.16 Å². The smallest absolute Gasteiger partial charge is 0.191 e. The summed E-state index contributed by atoms with van der Waals surface area (Å²) in [5.74, 6) is 0. The van der Waals surface area contributed by atoms with E-state index in [0.29, 0.717) is 11.6 Å². The van der Waals surface area contributed by atoms with Crippen LogP contribution in [0.25, 0.3) is 0 Å². The van der Waals surface area contributed by atoms with Gasteiger partial charge < -0.3 is 14.3 Å². The van der Waals surface area contributed by atoms with Crippen molar-refractivity contribution in [1.82, 2.24) is 0 Å². The number of hydrogen-bond donors (Lipinski definition) is 1. The fraction of sp³-hybridized carbons (Fsp3) is 1.00. The van der Waals surface area contributed by atoms with Crippen molar-refractivity contribution in [2.45, 2.75) is 58.2 Å². The largest absolute Gasteiger partial charge is 0.417 e. The third kappa shape index (κ3) is 7.92. The Bertz CT molecular complexity index is 188. The SMILES string of the molecule is CC(C)(C)[Si](C)(C)OCCCCOCCCO. The molecule has 104 valence electrons. The van der Waals surface area contributed by atoms with E-state index >= 15 is 0 Å². The highest BCUT2D eigenvalue weighted by Gasteiger charge is 2.36. The van der Waals surface area contributed by atoms with Crippen LogP contribution in [0.1, 0.15) is 40.0 Å². The third-order valence-electron chi connectivity index (χ3n) is 3.40. The number of rotatable bonds is 9. The van der Waals surface area contributed by atoms with Gasteiger partial charge in [-0.05, 0) is 37.4 Å². The second-order valence-corrected chi connectivity index (χ2v) is 10.8. The summed E-state index contributed by atoms with van der Waals surface area (Å²) in [5.41, 5.74) is 0. The van der Waals surface area contributed by atoms with Crippen molar-refractivity contribution in [1.29, 1.82) is 0 Å². The molecule has 0 atom stereocenters. The minimum Gasteiger partial charge on any atom is -0.417 e. The molecule has 0 saturated carbocycles. The highest BCUT2D eigenvalue weighted by atomic mass is 28.4. The first-order chi connectivity index (χ1) is 7.81. The number of aliphatic hydroxyl groups is 1. The van der Waals surface area contributed by atoms with E-state index in [4.69, 9.17) is 14.3 Å². The van der Waals surface area contributed by atoms with E-state index in [9.17, 15) is 0 Å². The molecule has 0 aliphatic heterocycles. The molecule has 0 heterocycles. The van der Waals surface area contributed by atoms with Crippen molar-refractivity contribution in [3.63, 3.8) is 0 Å². The molecule has 1 N–H and O–H groups in total. The summed E-state index contributed by atoms with van der Waals surface area (Å²) in [6.07, 6.45) is 2.84. The molecule has 4 heteroatoms. The van der Waals surface area contributed by atoms with Crippen LogP contribution in [0, 0.1) is 0 Å². The Morgan fingerprint density at radius 3 is 2.00 bits per heavy atom. The van der Waals surface area contributed by atoms with Gasteiger partial charge in [0, 0.05) is 26.4 Å². The zero-order valence-corrected chi connectivity index (χ0v) is 13.2. The van der Waals surface area contributed by atoms with Crippen molar-refractivity contribution in [3.8, 4) is 0 Å². The topological polar surface area (TPSA) is 38.7 Å². The van der Waals surface area contributed by atoms with Gasteiger partial charge in [0.05, 0.1) is 0 Å². The van der Waals surface area contributed by atoms with Crippen molar-refractivity contribution in [2.75, 3.05) is 26.4 Å². The van der Waals surface area contributed by atoms with E-state index < -0.39 is 8.32 Å². The lowest BCUT2D eigenvalue weighted by Gasteiger charge is -2.36. The quantitative estimate of drug-likeness (QED) is 0.512. The molecule has 0 radical (unpaired) electrons. The van der Waals surface area contributed by atoms with E-state index in [1.807, 2.05) is 0 Å². The average molecular weight is 262 g/mol. The maximum Gasteiger partial charge on any atom is 0.191 e. The zero-order chi connectivity index (χ0) is 13.4. The molecule has 0 fully saturated rings. The maximum atomic E-state index is 8.58. The lowest BCUT2D eigenvalue weighted by Crippen LogP contribution is -2.40. The molecule has 0 spiro atoms. The second-order valence-electron chi connectivity index (χ2n) is 6.01. The average Bonchev–Trinajstić information content (AvgIpc) is 2.20. The van der Waals surface area contributed by atoms with E-state index in [-0.39, 0.29) is 6.61 Å². The zero-order valence-electron chi connectivity index (χ0n) is 12.2. The number of aliphatic hydroxyl groups excluding tert-OH is 1. The van der Waals surface area contributed by atoms with Crippen molar-refractivity contribution in [3.05, 3.63) is 0 Å². The number of unbranched alkanes of at least 4 members (excludes halogenated alkanes) is 1. The first-order valence-corrected chi connectivity index (χ1v) is 9.54. The van der Waals surface area contributed by atoms with E-state index in [0.717, 1.165) is 32.5 Å². The summed E-state index contributed by atoms with van der Waals surface area (Å²) in [6, 6.07) is 0. The predicted molar refractivity (Wildman–Crippen MR) is 74.9 cm³/mol. The molecule has 0 aliphatic carbocycles. The molecule has 0 aromatic carbocycles. The van der Waals surface area contributed by atoms with Gasteiger partial charge in [-0.25, -0.2) is 0 Å². The lowest BCUT2D eigenvalue weighted by atomic mass is 10.2. The minimum absolute atomic E-state index is 0.217. The highest BCUT2D eigenvalue weighted by Crippen LogP contribution is 2.36. The normalized spacial score (nSPS) is 13.1. The molecule has 0 unspecified atom stereocenters. The molecule has 0 aliphatic rings. The van der Waals surface area contributed by atoms with Crippen LogP contribution >= 0.6 is 0 Å². The van der Waals surface area contributed by atoms with Gasteiger partial charge in [-0.2, -0.15) is 0 Å². The summed E-state index contributed by atoms with van der Waals surface area (Å²) in [7, 11) is -1.56. The fourth-order valence-corrected chi connectivity index (χ4v) is 2.21. The molecule has 17 heavy (non-hydrogen) atoms. The van der Waals surface area contributed by atoms with Crippen LogP contribution in [-0.4, -0.2) is 39.9 Å². The maximum absolute atomic E-state index is 8.58. The molecule has 0 rings (SSSR count). The van der Waals surface area contributed by atoms with Gasteiger partial charge in [0.15, 0.2) is 8.32 Å². The first kappa shape index (κ1) is 17.1. The fourth-order valence-electron chi connectivity index (χ4n) is 1.12. The van der Waals surface area contributed by atoms with E-state index in [1.165, 1.54) is 0 Å². The van der Waals surface area contributed by atoms with Gasteiger partial charge in [-0.3, -0.25) is 0 Å². The minimum atomic E-state index is -1.56.